The molecule has 0 bridgehead atoms. The molecule has 0 aromatic heterocycles. The minimum Gasteiger partial charge on any atom is -0.491 e. The number of hydrogen-bond donors (Lipinski definition) is 0. The predicted molar refractivity (Wildman–Crippen MR) is 63.6 cm³/mol. The van der Waals surface area contributed by atoms with Gasteiger partial charge in [0, 0.05) is 0 Å². The quantitative estimate of drug-likeness (QED) is 0.779. The average molecular weight is 263 g/mol. The summed E-state index contributed by atoms with van der Waals surface area (Å²) in [6, 6.07) is 2.97. The van der Waals surface area contributed by atoms with Crippen LogP contribution in [0.15, 0.2) is 12.1 Å². The van der Waals surface area contributed by atoms with Crippen molar-refractivity contribution >= 4 is 29.2 Å². The summed E-state index contributed by atoms with van der Waals surface area (Å²) in [5, 5.41) is 0.606. The van der Waals surface area contributed by atoms with E-state index < -0.39 is 5.97 Å². The Morgan fingerprint density at radius 2 is 1.75 bits per heavy atom. The van der Waals surface area contributed by atoms with Gasteiger partial charge in [0.15, 0.2) is 5.75 Å². The van der Waals surface area contributed by atoms with E-state index in [-0.39, 0.29) is 0 Å². The van der Waals surface area contributed by atoms with E-state index in [1.165, 1.54) is 12.1 Å². The van der Waals surface area contributed by atoms with Gasteiger partial charge in [-0.05, 0) is 26.0 Å². The average Bonchev–Trinajstić information content (AvgIpc) is 2.23. The summed E-state index contributed by atoms with van der Waals surface area (Å²) < 4.78 is 10.1. The topological polar surface area (TPSA) is 35.5 Å². The highest BCUT2D eigenvalue weighted by molar-refractivity contribution is 6.37. The van der Waals surface area contributed by atoms with Crippen LogP contribution in [0.3, 0.4) is 0 Å². The lowest BCUT2D eigenvalue weighted by Gasteiger charge is -2.09. The number of hydrogen-bond acceptors (Lipinski definition) is 3. The maximum Gasteiger partial charge on any atom is 0.338 e. The second-order valence-corrected chi connectivity index (χ2v) is 3.74. The predicted octanol–water partition coefficient (Wildman–Crippen LogP) is 3.57. The normalized spacial score (nSPS) is 10.0. The van der Waals surface area contributed by atoms with Crippen LogP contribution < -0.4 is 4.74 Å². The summed E-state index contributed by atoms with van der Waals surface area (Å²) in [6.45, 7) is 4.32. The number of esters is 1. The highest BCUT2D eigenvalue weighted by atomic mass is 35.5. The molecule has 0 atom stereocenters. The molecular weight excluding hydrogens is 251 g/mol. The number of rotatable bonds is 4. The van der Waals surface area contributed by atoms with Crippen LogP contribution in [0, 0.1) is 0 Å². The molecule has 0 radical (unpaired) electrons. The summed E-state index contributed by atoms with van der Waals surface area (Å²) >= 11 is 11.9. The molecule has 0 aliphatic carbocycles. The third-order valence-corrected chi connectivity index (χ3v) is 2.36. The van der Waals surface area contributed by atoms with Crippen molar-refractivity contribution in [2.24, 2.45) is 0 Å². The van der Waals surface area contributed by atoms with E-state index in [2.05, 4.69) is 0 Å². The highest BCUT2D eigenvalue weighted by Gasteiger charge is 2.14. The van der Waals surface area contributed by atoms with E-state index in [4.69, 9.17) is 32.7 Å². The summed E-state index contributed by atoms with van der Waals surface area (Å²) in [6.07, 6.45) is 0. The van der Waals surface area contributed by atoms with Crippen molar-refractivity contribution in [1.82, 2.24) is 0 Å². The van der Waals surface area contributed by atoms with E-state index in [0.29, 0.717) is 34.6 Å². The molecule has 0 fully saturated rings. The summed E-state index contributed by atoms with van der Waals surface area (Å²) in [4.78, 5) is 11.4. The SMILES string of the molecule is CCOC(=O)c1cc(Cl)c(OCC)c(Cl)c1. The summed E-state index contributed by atoms with van der Waals surface area (Å²) in [7, 11) is 0. The first kappa shape index (κ1) is 13.1. The molecule has 1 aromatic rings. The van der Waals surface area contributed by atoms with Gasteiger partial charge in [-0.25, -0.2) is 4.79 Å². The molecule has 0 spiro atoms. The fourth-order valence-corrected chi connectivity index (χ4v) is 1.77. The minimum absolute atomic E-state index is 0.303. The van der Waals surface area contributed by atoms with Crippen LogP contribution in [-0.4, -0.2) is 19.2 Å². The van der Waals surface area contributed by atoms with Gasteiger partial charge < -0.3 is 9.47 Å². The second-order valence-electron chi connectivity index (χ2n) is 2.92. The molecule has 0 N–H and O–H groups in total. The molecule has 3 nitrogen and oxygen atoms in total. The fourth-order valence-electron chi connectivity index (χ4n) is 1.17. The first-order valence-electron chi connectivity index (χ1n) is 4.89. The Balaban J connectivity index is 3.04. The number of ether oxygens (including phenoxy) is 2. The molecule has 1 aromatic carbocycles. The zero-order valence-electron chi connectivity index (χ0n) is 9.05. The second kappa shape index (κ2) is 5.97. The van der Waals surface area contributed by atoms with Gasteiger partial charge in [0.25, 0.3) is 0 Å². The monoisotopic (exact) mass is 262 g/mol. The van der Waals surface area contributed by atoms with E-state index in [9.17, 15) is 4.79 Å². The molecule has 0 aliphatic rings. The highest BCUT2D eigenvalue weighted by Crippen LogP contribution is 2.34. The Morgan fingerprint density at radius 1 is 1.19 bits per heavy atom. The standard InChI is InChI=1S/C11H12Cl2O3/c1-3-15-10-8(12)5-7(6-9(10)13)11(14)16-4-2/h5-6H,3-4H2,1-2H3. The molecule has 0 saturated heterocycles. The Kier molecular flexibility index (Phi) is 4.90. The van der Waals surface area contributed by atoms with E-state index >= 15 is 0 Å². The molecule has 5 heteroatoms. The lowest BCUT2D eigenvalue weighted by molar-refractivity contribution is 0.0526. The summed E-state index contributed by atoms with van der Waals surface area (Å²) in [5.41, 5.74) is 0.320. The Morgan fingerprint density at radius 3 is 2.19 bits per heavy atom. The van der Waals surface area contributed by atoms with Crippen LogP contribution in [0.4, 0.5) is 0 Å². The zero-order valence-corrected chi connectivity index (χ0v) is 10.6. The Bertz CT molecular complexity index is 368. The molecule has 16 heavy (non-hydrogen) atoms. The molecular formula is C11H12Cl2O3. The minimum atomic E-state index is -0.450. The van der Waals surface area contributed by atoms with Gasteiger partial charge in [-0.1, -0.05) is 23.2 Å². The van der Waals surface area contributed by atoms with Gasteiger partial charge in [0.2, 0.25) is 0 Å². The van der Waals surface area contributed by atoms with Crippen molar-refractivity contribution in [1.29, 1.82) is 0 Å². The van der Waals surface area contributed by atoms with Crippen LogP contribution in [0.25, 0.3) is 0 Å². The van der Waals surface area contributed by atoms with Crippen molar-refractivity contribution < 1.29 is 14.3 Å². The van der Waals surface area contributed by atoms with Gasteiger partial charge in [-0.15, -0.1) is 0 Å². The maximum atomic E-state index is 11.4. The number of halogens is 2. The van der Waals surface area contributed by atoms with Gasteiger partial charge >= 0.3 is 5.97 Å². The van der Waals surface area contributed by atoms with Crippen LogP contribution in [0.5, 0.6) is 5.75 Å². The molecule has 0 aliphatic heterocycles. The molecule has 0 heterocycles. The molecule has 88 valence electrons. The molecule has 0 unspecified atom stereocenters. The van der Waals surface area contributed by atoms with Crippen molar-refractivity contribution in [2.75, 3.05) is 13.2 Å². The molecule has 0 amide bonds. The van der Waals surface area contributed by atoms with E-state index in [1.54, 1.807) is 6.92 Å². The van der Waals surface area contributed by atoms with Crippen molar-refractivity contribution in [2.45, 2.75) is 13.8 Å². The summed E-state index contributed by atoms with van der Waals surface area (Å²) in [5.74, 6) is -0.0618. The molecule has 0 saturated carbocycles. The molecule has 1 rings (SSSR count). The van der Waals surface area contributed by atoms with E-state index in [0.717, 1.165) is 0 Å². The van der Waals surface area contributed by atoms with Crippen molar-refractivity contribution in [3.63, 3.8) is 0 Å². The van der Waals surface area contributed by atoms with Crippen molar-refractivity contribution in [3.8, 4) is 5.75 Å². The van der Waals surface area contributed by atoms with Crippen molar-refractivity contribution in [3.05, 3.63) is 27.7 Å². The third kappa shape index (κ3) is 3.03. The van der Waals surface area contributed by atoms with Gasteiger partial charge in [0.1, 0.15) is 0 Å². The van der Waals surface area contributed by atoms with Crippen LogP contribution in [0.2, 0.25) is 10.0 Å². The lowest BCUT2D eigenvalue weighted by Crippen LogP contribution is -2.05. The Labute approximate surface area is 104 Å². The zero-order chi connectivity index (χ0) is 12.1. The van der Waals surface area contributed by atoms with Crippen LogP contribution in [0.1, 0.15) is 24.2 Å². The lowest BCUT2D eigenvalue weighted by atomic mass is 10.2. The first-order valence-corrected chi connectivity index (χ1v) is 5.64. The number of benzene rings is 1. The number of carbonyl (C=O) groups excluding carboxylic acids is 1. The number of carbonyl (C=O) groups is 1. The van der Waals surface area contributed by atoms with E-state index in [1.807, 2.05) is 6.92 Å². The van der Waals surface area contributed by atoms with Crippen LogP contribution in [-0.2, 0) is 4.74 Å². The largest absolute Gasteiger partial charge is 0.491 e. The Hall–Kier alpha value is -0.930. The first-order chi connectivity index (χ1) is 7.60. The van der Waals surface area contributed by atoms with Gasteiger partial charge in [-0.3, -0.25) is 0 Å². The fraction of sp³-hybridized carbons (Fsp3) is 0.364. The smallest absolute Gasteiger partial charge is 0.338 e. The van der Waals surface area contributed by atoms with Crippen LogP contribution >= 0.6 is 23.2 Å². The third-order valence-electron chi connectivity index (χ3n) is 1.80. The maximum absolute atomic E-state index is 11.4. The van der Waals surface area contributed by atoms with Gasteiger partial charge in [-0.2, -0.15) is 0 Å². The van der Waals surface area contributed by atoms with Gasteiger partial charge in [0.05, 0.1) is 28.8 Å².